The van der Waals surface area contributed by atoms with Gasteiger partial charge >= 0.3 is 0 Å². The van der Waals surface area contributed by atoms with Crippen LogP contribution in [0.2, 0.25) is 0 Å². The van der Waals surface area contributed by atoms with E-state index in [2.05, 4.69) is 10.3 Å². The molecule has 0 aliphatic carbocycles. The Bertz CT molecular complexity index is 1090. The Morgan fingerprint density at radius 3 is 2.86 bits per heavy atom. The molecule has 1 spiro atoms. The number of aliphatic hydroxyl groups is 1. The molecular weight excluding hydrogens is 370 g/mol. The minimum absolute atomic E-state index is 0.113. The van der Waals surface area contributed by atoms with Crippen LogP contribution in [0.1, 0.15) is 39.9 Å². The first-order valence-electron chi connectivity index (χ1n) is 9.46. The predicted octanol–water partition coefficient (Wildman–Crippen LogP) is 2.64. The molecule has 0 bridgehead atoms. The zero-order valence-corrected chi connectivity index (χ0v) is 15.5. The summed E-state index contributed by atoms with van der Waals surface area (Å²) < 4.78 is 5.48. The van der Waals surface area contributed by atoms with Crippen molar-refractivity contribution in [3.05, 3.63) is 83.6 Å². The van der Waals surface area contributed by atoms with Gasteiger partial charge in [0.15, 0.2) is 5.76 Å². The molecule has 146 valence electrons. The van der Waals surface area contributed by atoms with Gasteiger partial charge in [0.1, 0.15) is 17.8 Å². The topological polar surface area (TPSA) is 95.7 Å². The van der Waals surface area contributed by atoms with Crippen molar-refractivity contribution in [2.45, 2.75) is 24.5 Å². The van der Waals surface area contributed by atoms with E-state index in [1.54, 1.807) is 35.5 Å². The quantitative estimate of drug-likeness (QED) is 0.718. The highest BCUT2D eigenvalue weighted by Crippen LogP contribution is 2.54. The van der Waals surface area contributed by atoms with Crippen LogP contribution in [0.5, 0.6) is 0 Å². The molecule has 2 aromatic heterocycles. The van der Waals surface area contributed by atoms with Gasteiger partial charge in [-0.15, -0.1) is 0 Å². The minimum Gasteiger partial charge on any atom is -0.453 e. The van der Waals surface area contributed by atoms with E-state index in [0.29, 0.717) is 18.7 Å². The van der Waals surface area contributed by atoms with E-state index in [-0.39, 0.29) is 24.2 Å². The van der Waals surface area contributed by atoms with Crippen LogP contribution in [0.4, 0.5) is 5.69 Å². The Kier molecular flexibility index (Phi) is 3.99. The van der Waals surface area contributed by atoms with Crippen LogP contribution in [0.25, 0.3) is 0 Å². The lowest BCUT2D eigenvalue weighted by atomic mass is 9.73. The third-order valence-electron chi connectivity index (χ3n) is 5.88. The summed E-state index contributed by atoms with van der Waals surface area (Å²) in [4.78, 5) is 32.5. The molecule has 0 radical (unpaired) electrons. The lowest BCUT2D eigenvalue weighted by Crippen LogP contribution is -2.42. The molecule has 2 N–H and O–H groups in total. The monoisotopic (exact) mass is 389 g/mol. The van der Waals surface area contributed by atoms with Crippen molar-refractivity contribution < 1.29 is 19.1 Å². The van der Waals surface area contributed by atoms with Gasteiger partial charge in [-0.1, -0.05) is 24.3 Å². The maximum absolute atomic E-state index is 13.3. The van der Waals surface area contributed by atoms with Crippen LogP contribution in [-0.4, -0.2) is 33.3 Å². The Hall–Kier alpha value is -3.45. The van der Waals surface area contributed by atoms with Gasteiger partial charge in [-0.05, 0) is 41.8 Å². The molecular formula is C22H19N3O4. The number of anilines is 1. The number of hydrogen-bond acceptors (Lipinski definition) is 5. The number of nitrogens with one attached hydrogen (secondary N) is 1. The van der Waals surface area contributed by atoms with Gasteiger partial charge in [0.25, 0.3) is 5.91 Å². The Labute approximate surface area is 167 Å². The molecule has 1 fully saturated rings. The molecule has 7 heteroatoms. The van der Waals surface area contributed by atoms with E-state index in [1.807, 2.05) is 30.3 Å². The van der Waals surface area contributed by atoms with Gasteiger partial charge in [0.2, 0.25) is 5.91 Å². The average Bonchev–Trinajstić information content (AvgIpc) is 3.46. The molecule has 29 heavy (non-hydrogen) atoms. The molecule has 3 aromatic rings. The second kappa shape index (κ2) is 6.56. The van der Waals surface area contributed by atoms with Gasteiger partial charge in [0, 0.05) is 24.6 Å². The Balaban J connectivity index is 1.64. The number of pyridine rings is 1. The smallest absolute Gasteiger partial charge is 0.290 e. The predicted molar refractivity (Wildman–Crippen MR) is 104 cm³/mol. The number of nitrogens with zero attached hydrogens (tertiary/aromatic N) is 2. The number of hydrogen-bond donors (Lipinski definition) is 2. The van der Waals surface area contributed by atoms with Crippen molar-refractivity contribution in [3.8, 4) is 0 Å². The summed E-state index contributed by atoms with van der Waals surface area (Å²) in [5.74, 6) is 0.0433. The van der Waals surface area contributed by atoms with Crippen molar-refractivity contribution in [3.63, 3.8) is 0 Å². The molecule has 0 saturated carbocycles. The third kappa shape index (κ3) is 2.51. The molecule has 7 nitrogen and oxygen atoms in total. The average molecular weight is 389 g/mol. The first-order valence-corrected chi connectivity index (χ1v) is 9.46. The molecule has 2 amide bonds. The highest BCUT2D eigenvalue weighted by molar-refractivity contribution is 6.08. The second-order valence-electron chi connectivity index (χ2n) is 7.33. The minimum atomic E-state index is -0.887. The SMILES string of the molecule is O=C(c1ccc(CO)o1)N1CCC2(C(=O)Nc3ccccc32)C1c1cccnc1. The molecule has 5 rings (SSSR count). The maximum Gasteiger partial charge on any atom is 0.290 e. The molecule has 1 saturated heterocycles. The zero-order chi connectivity index (χ0) is 20.0. The number of carbonyl (C=O) groups is 2. The number of aliphatic hydroxyl groups excluding tert-OH is 1. The summed E-state index contributed by atoms with van der Waals surface area (Å²) in [5, 5.41) is 12.2. The van der Waals surface area contributed by atoms with Crippen molar-refractivity contribution in [2.75, 3.05) is 11.9 Å². The highest BCUT2D eigenvalue weighted by atomic mass is 16.4. The standard InChI is InChI=1S/C22H19N3O4/c26-13-15-7-8-18(29-15)20(27)25-11-9-22(19(25)14-4-3-10-23-12-14)16-5-1-2-6-17(16)24-21(22)28/h1-8,10,12,19,26H,9,11,13H2,(H,24,28). The Morgan fingerprint density at radius 1 is 1.24 bits per heavy atom. The summed E-state index contributed by atoms with van der Waals surface area (Å²) >= 11 is 0. The maximum atomic E-state index is 13.3. The number of benzene rings is 1. The van der Waals surface area contributed by atoms with Gasteiger partial charge in [0.05, 0.1) is 6.04 Å². The number of likely N-dealkylation sites (tertiary alicyclic amines) is 1. The normalized spacial score (nSPS) is 22.7. The van der Waals surface area contributed by atoms with Crippen LogP contribution in [-0.2, 0) is 16.8 Å². The lowest BCUT2D eigenvalue weighted by molar-refractivity contribution is -0.121. The van der Waals surface area contributed by atoms with E-state index < -0.39 is 11.5 Å². The number of furan rings is 1. The van der Waals surface area contributed by atoms with Gasteiger partial charge < -0.3 is 19.7 Å². The van der Waals surface area contributed by atoms with Gasteiger partial charge in [-0.2, -0.15) is 0 Å². The van der Waals surface area contributed by atoms with E-state index >= 15 is 0 Å². The molecule has 4 heterocycles. The second-order valence-corrected chi connectivity index (χ2v) is 7.33. The highest BCUT2D eigenvalue weighted by Gasteiger charge is 2.59. The molecule has 2 aliphatic rings. The van der Waals surface area contributed by atoms with Crippen LogP contribution in [0, 0.1) is 0 Å². The number of amides is 2. The summed E-state index contributed by atoms with van der Waals surface area (Å²) in [6, 6.07) is 13.9. The largest absolute Gasteiger partial charge is 0.453 e. The molecule has 2 unspecified atom stereocenters. The number of fused-ring (bicyclic) bond motifs is 2. The van der Waals surface area contributed by atoms with Crippen molar-refractivity contribution >= 4 is 17.5 Å². The number of rotatable bonds is 3. The summed E-state index contributed by atoms with van der Waals surface area (Å²) in [6.45, 7) is 0.119. The van der Waals surface area contributed by atoms with Crippen LogP contribution in [0.3, 0.4) is 0 Å². The molecule has 2 atom stereocenters. The van der Waals surface area contributed by atoms with E-state index in [9.17, 15) is 14.7 Å². The van der Waals surface area contributed by atoms with Crippen molar-refractivity contribution in [1.82, 2.24) is 9.88 Å². The zero-order valence-electron chi connectivity index (χ0n) is 15.5. The Morgan fingerprint density at radius 2 is 2.10 bits per heavy atom. The fourth-order valence-corrected chi connectivity index (χ4v) is 4.63. The fourth-order valence-electron chi connectivity index (χ4n) is 4.63. The summed E-state index contributed by atoms with van der Waals surface area (Å²) in [6.07, 6.45) is 3.86. The third-order valence-corrected chi connectivity index (χ3v) is 5.88. The number of para-hydroxylation sites is 1. The van der Waals surface area contributed by atoms with Crippen LogP contribution < -0.4 is 5.32 Å². The van der Waals surface area contributed by atoms with E-state index in [4.69, 9.17) is 4.42 Å². The number of aromatic nitrogens is 1. The van der Waals surface area contributed by atoms with E-state index in [1.165, 1.54) is 0 Å². The van der Waals surface area contributed by atoms with Crippen molar-refractivity contribution in [1.29, 1.82) is 0 Å². The molecule has 2 aliphatic heterocycles. The van der Waals surface area contributed by atoms with Crippen LogP contribution in [0.15, 0.2) is 65.3 Å². The fraction of sp³-hybridized carbons (Fsp3) is 0.227. The van der Waals surface area contributed by atoms with E-state index in [0.717, 1.165) is 16.8 Å². The summed E-state index contributed by atoms with van der Waals surface area (Å²) in [5.41, 5.74) is 1.58. The van der Waals surface area contributed by atoms with Crippen LogP contribution >= 0.6 is 0 Å². The lowest BCUT2D eigenvalue weighted by Gasteiger charge is -2.33. The van der Waals surface area contributed by atoms with Crippen molar-refractivity contribution in [2.24, 2.45) is 0 Å². The first-order chi connectivity index (χ1) is 14.1. The number of carbonyl (C=O) groups excluding carboxylic acids is 2. The van der Waals surface area contributed by atoms with Gasteiger partial charge in [-0.25, -0.2) is 0 Å². The first kappa shape index (κ1) is 17.6. The molecule has 1 aromatic carbocycles. The summed E-state index contributed by atoms with van der Waals surface area (Å²) in [7, 11) is 0. The van der Waals surface area contributed by atoms with Gasteiger partial charge in [-0.3, -0.25) is 14.6 Å².